The molecule has 0 saturated carbocycles. The Hall–Kier alpha value is 0.803. The van der Waals surface area contributed by atoms with Gasteiger partial charge in [-0.1, -0.05) is 49.8 Å². The predicted octanol–water partition coefficient (Wildman–Crippen LogP) is 5.36. The van der Waals surface area contributed by atoms with Crippen molar-refractivity contribution in [2.24, 2.45) is 5.92 Å². The van der Waals surface area contributed by atoms with Crippen molar-refractivity contribution < 1.29 is 18.5 Å². The van der Waals surface area contributed by atoms with Crippen molar-refractivity contribution in [3.05, 3.63) is 41.0 Å². The Morgan fingerprint density at radius 1 is 1.25 bits per heavy atom. The second kappa shape index (κ2) is 8.00. The molecule has 0 bridgehead atoms. The molecule has 0 N–H and O–H groups in total. The summed E-state index contributed by atoms with van der Waals surface area (Å²) in [7, 11) is 0. The molecule has 0 radical (unpaired) electrons. The van der Waals surface area contributed by atoms with E-state index in [9.17, 15) is 0 Å². The summed E-state index contributed by atoms with van der Waals surface area (Å²) in [5, 5.41) is 0. The van der Waals surface area contributed by atoms with Crippen molar-refractivity contribution in [1.29, 1.82) is 0 Å². The number of halogens is 2. The van der Waals surface area contributed by atoms with Crippen LogP contribution in [-0.4, -0.2) is 0 Å². The molecular formula is C13H16Br2Zr. The van der Waals surface area contributed by atoms with Gasteiger partial charge >= 0.3 is 43.0 Å². The number of rotatable bonds is 2. The summed E-state index contributed by atoms with van der Waals surface area (Å²) in [5.41, 5.74) is 4.52. The van der Waals surface area contributed by atoms with Crippen LogP contribution in [0.4, 0.5) is 0 Å². The summed E-state index contributed by atoms with van der Waals surface area (Å²) in [6.45, 7) is 4.56. The van der Waals surface area contributed by atoms with Gasteiger partial charge in [-0.3, -0.25) is 0 Å². The fourth-order valence-corrected chi connectivity index (χ4v) is 2.01. The van der Waals surface area contributed by atoms with Crippen LogP contribution in [0.15, 0.2) is 29.8 Å². The van der Waals surface area contributed by atoms with Crippen LogP contribution >= 0.6 is 24.4 Å². The third kappa shape index (κ3) is 4.98. The number of hydrogen-bond donors (Lipinski definition) is 0. The first-order chi connectivity index (χ1) is 7.67. The van der Waals surface area contributed by atoms with E-state index in [4.69, 9.17) is 0 Å². The van der Waals surface area contributed by atoms with Crippen molar-refractivity contribution in [3.8, 4) is 0 Å². The van der Waals surface area contributed by atoms with Crippen molar-refractivity contribution in [3.63, 3.8) is 0 Å². The van der Waals surface area contributed by atoms with Gasteiger partial charge in [0.25, 0.3) is 0 Å². The molecule has 0 unspecified atom stereocenters. The molecule has 0 atom stereocenters. The van der Waals surface area contributed by atoms with Gasteiger partial charge in [-0.15, -0.1) is 0 Å². The molecular weight excluding hydrogens is 407 g/mol. The van der Waals surface area contributed by atoms with Crippen LogP contribution in [0.2, 0.25) is 0 Å². The molecule has 0 saturated heterocycles. The summed E-state index contributed by atoms with van der Waals surface area (Å²) in [6, 6.07) is 8.69. The minimum atomic E-state index is -0.145. The van der Waals surface area contributed by atoms with Gasteiger partial charge < -0.3 is 0 Å². The summed E-state index contributed by atoms with van der Waals surface area (Å²) < 4.78 is 0. The van der Waals surface area contributed by atoms with Crippen molar-refractivity contribution in [2.45, 2.75) is 26.7 Å². The summed E-state index contributed by atoms with van der Waals surface area (Å²) in [5.74, 6) is 0.778. The topological polar surface area (TPSA) is 0 Å². The monoisotopic (exact) mass is 420 g/mol. The molecule has 1 aromatic carbocycles. The van der Waals surface area contributed by atoms with Crippen LogP contribution in [-0.2, 0) is 25.0 Å². The second-order valence-electron chi connectivity index (χ2n) is 4.35. The van der Waals surface area contributed by atoms with E-state index in [1.165, 1.54) is 24.0 Å². The number of benzene rings is 1. The standard InChI is InChI=1S/C13H16.2BrH.Zr/c1-10(2)7-11-8-12-5-3-4-6-13(12)9-11;;;/h3-6,8,10H,7,9H2,1-2H3;2*1H;/q;;;+2/p-2. The molecule has 0 amide bonds. The Labute approximate surface area is 121 Å². The Balaban J connectivity index is 0.000000386. The summed E-state index contributed by atoms with van der Waals surface area (Å²) >= 11 is 6.32. The Bertz CT molecular complexity index is 359. The maximum absolute atomic E-state index is 3.23. The minimum absolute atomic E-state index is 0.145. The van der Waals surface area contributed by atoms with E-state index in [-0.39, 0.29) is 18.5 Å². The van der Waals surface area contributed by atoms with Gasteiger partial charge in [0, 0.05) is 0 Å². The number of hydrogen-bond acceptors (Lipinski definition) is 0. The van der Waals surface area contributed by atoms with Crippen LogP contribution in [0, 0.1) is 5.92 Å². The SMILES string of the molecule is CC(C)CC1=Cc2ccccc2C1.[Br][Zr][Br]. The first kappa shape index (κ1) is 14.9. The Morgan fingerprint density at radius 3 is 2.44 bits per heavy atom. The summed E-state index contributed by atoms with van der Waals surface area (Å²) in [4.78, 5) is 0. The Kier molecular flexibility index (Phi) is 7.43. The van der Waals surface area contributed by atoms with Gasteiger partial charge in [0.05, 0.1) is 0 Å². The van der Waals surface area contributed by atoms with Crippen LogP contribution < -0.4 is 0 Å². The van der Waals surface area contributed by atoms with Crippen molar-refractivity contribution in [2.75, 3.05) is 0 Å². The van der Waals surface area contributed by atoms with Crippen molar-refractivity contribution in [1.82, 2.24) is 0 Å². The first-order valence-electron chi connectivity index (χ1n) is 5.41. The van der Waals surface area contributed by atoms with Gasteiger partial charge in [0.15, 0.2) is 0 Å². The predicted molar refractivity (Wildman–Crippen MR) is 75.4 cm³/mol. The van der Waals surface area contributed by atoms with E-state index in [0.717, 1.165) is 5.92 Å². The molecule has 0 heterocycles. The van der Waals surface area contributed by atoms with Gasteiger partial charge in [0.2, 0.25) is 0 Å². The van der Waals surface area contributed by atoms with E-state index < -0.39 is 0 Å². The molecule has 86 valence electrons. The first-order valence-corrected chi connectivity index (χ1v) is 16.6. The normalized spacial score (nSPS) is 12.7. The molecule has 1 aliphatic rings. The summed E-state index contributed by atoms with van der Waals surface area (Å²) in [6.07, 6.45) is 4.78. The molecule has 16 heavy (non-hydrogen) atoms. The molecule has 1 aromatic rings. The molecule has 3 heteroatoms. The van der Waals surface area contributed by atoms with E-state index in [1.807, 2.05) is 0 Å². The average Bonchev–Trinajstić information content (AvgIpc) is 2.59. The average molecular weight is 423 g/mol. The van der Waals surface area contributed by atoms with Crippen LogP contribution in [0.1, 0.15) is 31.4 Å². The van der Waals surface area contributed by atoms with Gasteiger partial charge in [0.1, 0.15) is 0 Å². The fourth-order valence-electron chi connectivity index (χ4n) is 2.01. The van der Waals surface area contributed by atoms with Crippen LogP contribution in [0.5, 0.6) is 0 Å². The van der Waals surface area contributed by atoms with Gasteiger partial charge in [-0.05, 0) is 29.9 Å². The molecule has 1 aliphatic carbocycles. The zero-order valence-electron chi connectivity index (χ0n) is 9.63. The van der Waals surface area contributed by atoms with Gasteiger partial charge in [-0.2, -0.15) is 0 Å². The molecule has 0 aromatic heterocycles. The van der Waals surface area contributed by atoms with E-state index in [2.05, 4.69) is 68.6 Å². The third-order valence-corrected chi connectivity index (χ3v) is 2.50. The quantitative estimate of drug-likeness (QED) is 0.601. The van der Waals surface area contributed by atoms with Crippen molar-refractivity contribution >= 4 is 30.5 Å². The van der Waals surface area contributed by atoms with Crippen LogP contribution in [0.25, 0.3) is 6.08 Å². The second-order valence-corrected chi connectivity index (χ2v) is 15.7. The molecule has 2 rings (SSSR count). The maximum atomic E-state index is 3.23. The molecule has 0 spiro atoms. The van der Waals surface area contributed by atoms with E-state index >= 15 is 0 Å². The van der Waals surface area contributed by atoms with Gasteiger partial charge in [-0.25, -0.2) is 0 Å². The zero-order chi connectivity index (χ0) is 12.0. The zero-order valence-corrected chi connectivity index (χ0v) is 15.3. The Morgan fingerprint density at radius 2 is 1.88 bits per heavy atom. The fraction of sp³-hybridized carbons (Fsp3) is 0.385. The number of allylic oxidation sites excluding steroid dienone is 1. The molecule has 0 nitrogen and oxygen atoms in total. The molecule has 0 aliphatic heterocycles. The van der Waals surface area contributed by atoms with Crippen LogP contribution in [0.3, 0.4) is 0 Å². The van der Waals surface area contributed by atoms with E-state index in [1.54, 1.807) is 5.57 Å². The number of fused-ring (bicyclic) bond motifs is 1. The van der Waals surface area contributed by atoms with E-state index in [0.29, 0.717) is 0 Å². The molecule has 0 fully saturated rings. The third-order valence-electron chi connectivity index (χ3n) is 2.50.